The zero-order valence-electron chi connectivity index (χ0n) is 14.8. The molecule has 1 aromatic rings. The number of rotatable bonds is 5. The van der Waals surface area contributed by atoms with Crippen molar-refractivity contribution < 1.29 is 9.90 Å². The zero-order valence-corrected chi connectivity index (χ0v) is 14.8. The molecule has 2 heterocycles. The maximum Gasteiger partial charge on any atom is 0.227 e. The monoisotopic (exact) mass is 322 g/mol. The van der Waals surface area contributed by atoms with Crippen LogP contribution in [0.2, 0.25) is 0 Å². The highest BCUT2D eigenvalue weighted by Gasteiger charge is 2.29. The van der Waals surface area contributed by atoms with Crippen LogP contribution in [-0.2, 0) is 11.3 Å². The van der Waals surface area contributed by atoms with E-state index in [4.69, 9.17) is 0 Å². The molecule has 1 fully saturated rings. The number of carbonyl (C=O) groups excluding carboxylic acids is 1. The van der Waals surface area contributed by atoms with E-state index in [1.54, 1.807) is 10.9 Å². The number of carbonyl (C=O) groups is 1. The molecule has 1 saturated heterocycles. The lowest BCUT2D eigenvalue weighted by atomic mass is 9.89. The standard InChI is InChI=1S/C17H30N4O2/c1-14(12-21-7-5-6-18-21)16(23)20-10-8-19(9-11-20)13-15(22)17(2,3)4/h5-7,14-15,22H,8-13H2,1-4H3/t14-,15+/m1/s1. The average molecular weight is 322 g/mol. The van der Waals surface area contributed by atoms with Crippen molar-refractivity contribution >= 4 is 5.91 Å². The van der Waals surface area contributed by atoms with Crippen molar-refractivity contribution in [2.24, 2.45) is 11.3 Å². The molecule has 1 aliphatic rings. The number of aliphatic hydroxyl groups excluding tert-OH is 1. The summed E-state index contributed by atoms with van der Waals surface area (Å²) < 4.78 is 1.80. The number of hydrogen-bond donors (Lipinski definition) is 1. The Labute approximate surface area is 139 Å². The second-order valence-corrected chi connectivity index (χ2v) is 7.64. The Morgan fingerprint density at radius 3 is 2.39 bits per heavy atom. The molecule has 0 unspecified atom stereocenters. The molecule has 0 spiro atoms. The summed E-state index contributed by atoms with van der Waals surface area (Å²) in [6, 6.07) is 1.87. The van der Waals surface area contributed by atoms with Crippen molar-refractivity contribution in [3.05, 3.63) is 18.5 Å². The number of aromatic nitrogens is 2. The van der Waals surface area contributed by atoms with E-state index in [-0.39, 0.29) is 23.3 Å². The topological polar surface area (TPSA) is 61.6 Å². The molecule has 0 bridgehead atoms. The highest BCUT2D eigenvalue weighted by Crippen LogP contribution is 2.20. The van der Waals surface area contributed by atoms with Gasteiger partial charge in [-0.05, 0) is 11.5 Å². The van der Waals surface area contributed by atoms with Gasteiger partial charge in [-0.1, -0.05) is 27.7 Å². The van der Waals surface area contributed by atoms with Crippen molar-refractivity contribution in [3.8, 4) is 0 Å². The molecule has 1 aromatic heterocycles. The first-order chi connectivity index (χ1) is 10.8. The van der Waals surface area contributed by atoms with Gasteiger partial charge in [-0.2, -0.15) is 5.10 Å². The Morgan fingerprint density at radius 1 is 1.22 bits per heavy atom. The number of nitrogens with zero attached hydrogens (tertiary/aromatic N) is 4. The fraction of sp³-hybridized carbons (Fsp3) is 0.765. The summed E-state index contributed by atoms with van der Waals surface area (Å²) in [7, 11) is 0. The van der Waals surface area contributed by atoms with Crippen LogP contribution < -0.4 is 0 Å². The van der Waals surface area contributed by atoms with E-state index in [0.29, 0.717) is 13.1 Å². The Balaban J connectivity index is 1.78. The van der Waals surface area contributed by atoms with E-state index in [1.807, 2.05) is 24.1 Å². The van der Waals surface area contributed by atoms with Crippen molar-refractivity contribution in [2.75, 3.05) is 32.7 Å². The number of amides is 1. The minimum atomic E-state index is -0.344. The first kappa shape index (κ1) is 17.9. The van der Waals surface area contributed by atoms with Gasteiger partial charge in [0.1, 0.15) is 0 Å². The predicted octanol–water partition coefficient (Wildman–Crippen LogP) is 1.07. The van der Waals surface area contributed by atoms with Crippen LogP contribution in [-0.4, -0.2) is 69.4 Å². The van der Waals surface area contributed by atoms with Crippen LogP contribution in [0.25, 0.3) is 0 Å². The fourth-order valence-corrected chi connectivity index (χ4v) is 2.75. The van der Waals surface area contributed by atoms with E-state index in [9.17, 15) is 9.90 Å². The molecule has 6 heteroatoms. The van der Waals surface area contributed by atoms with Gasteiger partial charge < -0.3 is 10.0 Å². The van der Waals surface area contributed by atoms with Gasteiger partial charge in [-0.3, -0.25) is 14.4 Å². The maximum absolute atomic E-state index is 12.5. The van der Waals surface area contributed by atoms with Crippen LogP contribution in [0.1, 0.15) is 27.7 Å². The Morgan fingerprint density at radius 2 is 1.87 bits per heavy atom. The summed E-state index contributed by atoms with van der Waals surface area (Å²) in [5, 5.41) is 14.4. The second-order valence-electron chi connectivity index (χ2n) is 7.64. The molecule has 6 nitrogen and oxygen atoms in total. The molecule has 0 radical (unpaired) electrons. The van der Waals surface area contributed by atoms with Crippen LogP contribution in [0.15, 0.2) is 18.5 Å². The van der Waals surface area contributed by atoms with Gasteiger partial charge in [-0.25, -0.2) is 0 Å². The molecule has 1 amide bonds. The number of β-amino-alcohol motifs (C(OH)–C–C–N with tert-alkyl or cyclic N) is 1. The summed E-state index contributed by atoms with van der Waals surface area (Å²) in [5.41, 5.74) is -0.106. The van der Waals surface area contributed by atoms with Crippen molar-refractivity contribution in [1.29, 1.82) is 0 Å². The molecule has 0 aromatic carbocycles. The molecule has 1 N–H and O–H groups in total. The molecule has 0 saturated carbocycles. The summed E-state index contributed by atoms with van der Waals surface area (Å²) in [4.78, 5) is 16.7. The van der Waals surface area contributed by atoms with Crippen LogP contribution in [0.3, 0.4) is 0 Å². The van der Waals surface area contributed by atoms with E-state index in [0.717, 1.165) is 26.2 Å². The summed E-state index contributed by atoms with van der Waals surface area (Å²) >= 11 is 0. The average Bonchev–Trinajstić information content (AvgIpc) is 2.99. The van der Waals surface area contributed by atoms with E-state index < -0.39 is 0 Å². The van der Waals surface area contributed by atoms with Crippen molar-refractivity contribution in [2.45, 2.75) is 40.3 Å². The van der Waals surface area contributed by atoms with Crippen molar-refractivity contribution in [1.82, 2.24) is 19.6 Å². The van der Waals surface area contributed by atoms with Gasteiger partial charge in [0, 0.05) is 45.1 Å². The van der Waals surface area contributed by atoms with Crippen LogP contribution >= 0.6 is 0 Å². The lowest BCUT2D eigenvalue weighted by molar-refractivity contribution is -0.137. The lowest BCUT2D eigenvalue weighted by Crippen LogP contribution is -2.52. The van der Waals surface area contributed by atoms with E-state index in [1.165, 1.54) is 0 Å². The minimum absolute atomic E-state index is 0.0679. The van der Waals surface area contributed by atoms with Gasteiger partial charge in [0.05, 0.1) is 18.6 Å². The minimum Gasteiger partial charge on any atom is -0.391 e. The van der Waals surface area contributed by atoms with Gasteiger partial charge in [-0.15, -0.1) is 0 Å². The zero-order chi connectivity index (χ0) is 17.0. The lowest BCUT2D eigenvalue weighted by Gasteiger charge is -2.38. The third kappa shape index (κ3) is 5.04. The molecule has 0 aliphatic carbocycles. The summed E-state index contributed by atoms with van der Waals surface area (Å²) in [5.74, 6) is 0.123. The van der Waals surface area contributed by atoms with E-state index in [2.05, 4.69) is 30.8 Å². The highest BCUT2D eigenvalue weighted by molar-refractivity contribution is 5.78. The normalized spacial score (nSPS) is 19.6. The molecule has 23 heavy (non-hydrogen) atoms. The van der Waals surface area contributed by atoms with Gasteiger partial charge in [0.15, 0.2) is 0 Å². The number of aliphatic hydroxyl groups is 1. The van der Waals surface area contributed by atoms with Crippen molar-refractivity contribution in [3.63, 3.8) is 0 Å². The Bertz CT molecular complexity index is 487. The molecular formula is C17H30N4O2. The predicted molar refractivity (Wildman–Crippen MR) is 89.9 cm³/mol. The third-order valence-corrected chi connectivity index (χ3v) is 4.56. The first-order valence-electron chi connectivity index (χ1n) is 8.44. The fourth-order valence-electron chi connectivity index (χ4n) is 2.75. The molecular weight excluding hydrogens is 292 g/mol. The van der Waals surface area contributed by atoms with Crippen LogP contribution in [0.5, 0.6) is 0 Å². The largest absolute Gasteiger partial charge is 0.391 e. The van der Waals surface area contributed by atoms with E-state index >= 15 is 0 Å². The number of hydrogen-bond acceptors (Lipinski definition) is 4. The Hall–Kier alpha value is -1.40. The maximum atomic E-state index is 12.5. The molecule has 130 valence electrons. The van der Waals surface area contributed by atoms with Gasteiger partial charge >= 0.3 is 0 Å². The number of piperazine rings is 1. The smallest absolute Gasteiger partial charge is 0.227 e. The molecule has 2 rings (SSSR count). The molecule has 2 atom stereocenters. The van der Waals surface area contributed by atoms with Crippen LogP contribution in [0.4, 0.5) is 0 Å². The SMILES string of the molecule is C[C@H](Cn1cccn1)C(=O)N1CCN(C[C@H](O)C(C)(C)C)CC1. The quantitative estimate of drug-likeness (QED) is 0.881. The van der Waals surface area contributed by atoms with Gasteiger partial charge in [0.2, 0.25) is 5.91 Å². The summed E-state index contributed by atoms with van der Waals surface area (Å²) in [6.45, 7) is 12.5. The first-order valence-corrected chi connectivity index (χ1v) is 8.44. The third-order valence-electron chi connectivity index (χ3n) is 4.56. The Kier molecular flexibility index (Phi) is 5.81. The van der Waals surface area contributed by atoms with Gasteiger partial charge in [0.25, 0.3) is 0 Å². The molecule has 1 aliphatic heterocycles. The van der Waals surface area contributed by atoms with Crippen LogP contribution in [0, 0.1) is 11.3 Å². The highest BCUT2D eigenvalue weighted by atomic mass is 16.3. The second kappa shape index (κ2) is 7.45. The summed E-state index contributed by atoms with van der Waals surface area (Å²) in [6.07, 6.45) is 3.27.